The number of aromatic nitrogens is 1. The molecule has 0 saturated carbocycles. The lowest BCUT2D eigenvalue weighted by Gasteiger charge is -2.28. The summed E-state index contributed by atoms with van der Waals surface area (Å²) >= 11 is 0. The lowest BCUT2D eigenvalue weighted by Crippen LogP contribution is -2.38. The second-order valence-electron chi connectivity index (χ2n) is 9.55. The molecule has 3 heterocycles. The van der Waals surface area contributed by atoms with E-state index in [1.807, 2.05) is 18.0 Å². The summed E-state index contributed by atoms with van der Waals surface area (Å²) in [4.78, 5) is 23.0. The van der Waals surface area contributed by atoms with Gasteiger partial charge >= 0.3 is 0 Å². The molecule has 7 nitrogen and oxygen atoms in total. The molecule has 0 aliphatic carbocycles. The molecule has 1 amide bonds. The van der Waals surface area contributed by atoms with Crippen LogP contribution in [0, 0.1) is 0 Å². The Kier molecular flexibility index (Phi) is 7.63. The molecule has 7 heteroatoms. The third kappa shape index (κ3) is 5.37. The smallest absolute Gasteiger partial charge is 0.254 e. The number of pyridine rings is 1. The van der Waals surface area contributed by atoms with Crippen LogP contribution in [0.1, 0.15) is 54.6 Å². The number of rotatable bonds is 8. The Bertz CT molecular complexity index is 969. The number of anilines is 1. The van der Waals surface area contributed by atoms with Crippen LogP contribution in [-0.4, -0.2) is 67.0 Å². The summed E-state index contributed by atoms with van der Waals surface area (Å²) in [6.45, 7) is 9.45. The average Bonchev–Trinajstić information content (AvgIpc) is 3.27. The summed E-state index contributed by atoms with van der Waals surface area (Å²) in [5, 5.41) is 5.30. The number of carbonyl (C=O) groups excluding carboxylic acids is 1. The summed E-state index contributed by atoms with van der Waals surface area (Å²) in [7, 11) is 4.12. The topological polar surface area (TPSA) is 63.7 Å². The third-order valence-electron chi connectivity index (χ3n) is 6.57. The van der Waals surface area contributed by atoms with Gasteiger partial charge in [-0.3, -0.25) is 9.80 Å². The van der Waals surface area contributed by atoms with E-state index >= 15 is 0 Å². The van der Waals surface area contributed by atoms with Crippen LogP contribution >= 0.6 is 0 Å². The number of amides is 1. The Hall–Kier alpha value is -2.48. The fourth-order valence-corrected chi connectivity index (χ4v) is 4.73. The minimum atomic E-state index is 0.143. The number of fused-ring (bicyclic) bond motifs is 1. The zero-order valence-corrected chi connectivity index (χ0v) is 20.5. The number of carbonyl (C=O) groups is 1. The van der Waals surface area contributed by atoms with Crippen LogP contribution in [0.2, 0.25) is 0 Å². The van der Waals surface area contributed by atoms with E-state index in [9.17, 15) is 4.79 Å². The molecule has 4 rings (SSSR count). The van der Waals surface area contributed by atoms with Crippen LogP contribution in [0.3, 0.4) is 0 Å². The highest BCUT2D eigenvalue weighted by atomic mass is 16.2. The Morgan fingerprint density at radius 3 is 2.73 bits per heavy atom. The molecule has 0 radical (unpaired) electrons. The Labute approximate surface area is 198 Å². The first-order valence-corrected chi connectivity index (χ1v) is 12.3. The lowest BCUT2D eigenvalue weighted by atomic mass is 10.0. The first-order valence-electron chi connectivity index (χ1n) is 12.3. The highest BCUT2D eigenvalue weighted by Gasteiger charge is 2.30. The van der Waals surface area contributed by atoms with Crippen molar-refractivity contribution in [1.29, 1.82) is 0 Å². The number of nitrogens with one attached hydrogen (secondary N) is 2. The molecular weight excluding hydrogens is 412 g/mol. The van der Waals surface area contributed by atoms with Gasteiger partial charge in [0, 0.05) is 62.0 Å². The maximum atomic E-state index is 13.6. The quantitative estimate of drug-likeness (QED) is 0.644. The van der Waals surface area contributed by atoms with E-state index in [4.69, 9.17) is 4.98 Å². The van der Waals surface area contributed by atoms with Gasteiger partial charge in [0.2, 0.25) is 0 Å². The normalized spacial score (nSPS) is 16.1. The highest BCUT2D eigenvalue weighted by molar-refractivity contribution is 5.98. The van der Waals surface area contributed by atoms with Gasteiger partial charge in [-0.25, -0.2) is 10.4 Å². The van der Waals surface area contributed by atoms with Gasteiger partial charge in [0.25, 0.3) is 5.91 Å². The van der Waals surface area contributed by atoms with Crippen molar-refractivity contribution < 1.29 is 4.79 Å². The number of hydrogen-bond acceptors (Lipinski definition) is 6. The van der Waals surface area contributed by atoms with Gasteiger partial charge in [0.05, 0.1) is 5.69 Å². The van der Waals surface area contributed by atoms with E-state index in [-0.39, 0.29) is 11.9 Å². The molecule has 33 heavy (non-hydrogen) atoms. The second-order valence-corrected chi connectivity index (χ2v) is 9.55. The minimum Gasteiger partial charge on any atom is -0.339 e. The maximum absolute atomic E-state index is 13.6. The van der Waals surface area contributed by atoms with Gasteiger partial charge in [-0.2, -0.15) is 0 Å². The molecule has 0 atom stereocenters. The molecule has 0 spiro atoms. The molecule has 178 valence electrons. The molecule has 1 saturated heterocycles. The van der Waals surface area contributed by atoms with Gasteiger partial charge in [-0.1, -0.05) is 18.2 Å². The first kappa shape index (κ1) is 23.7. The van der Waals surface area contributed by atoms with Crippen molar-refractivity contribution in [2.24, 2.45) is 0 Å². The summed E-state index contributed by atoms with van der Waals surface area (Å²) in [6.07, 6.45) is 3.39. The van der Waals surface area contributed by atoms with Crippen LogP contribution in [0.4, 0.5) is 5.82 Å². The third-order valence-corrected chi connectivity index (χ3v) is 6.57. The first-order chi connectivity index (χ1) is 16.0. The summed E-state index contributed by atoms with van der Waals surface area (Å²) in [5.74, 6) is 1.03. The summed E-state index contributed by atoms with van der Waals surface area (Å²) in [6, 6.07) is 10.8. The molecule has 0 bridgehead atoms. The fraction of sp³-hybridized carbons (Fsp3) is 0.538. The number of likely N-dealkylation sites (N-methyl/N-ethyl adjacent to an activating group) is 2. The van der Waals surface area contributed by atoms with E-state index in [0.717, 1.165) is 73.8 Å². The number of benzene rings is 1. The van der Waals surface area contributed by atoms with E-state index in [1.54, 1.807) is 0 Å². The van der Waals surface area contributed by atoms with E-state index in [1.165, 1.54) is 12.0 Å². The van der Waals surface area contributed by atoms with Crippen molar-refractivity contribution in [3.8, 4) is 11.3 Å². The predicted molar refractivity (Wildman–Crippen MR) is 134 cm³/mol. The standard InChI is InChI=1S/C26H38N6O/c1-19(2)32-25-23(17-28-32)22(26(33)31-12-6-5-7-13-31)16-24(29-25)21-10-8-9-20(15-21)18-30(4)14-11-27-3/h8-10,15-16,19,27-28H,5-7,11-14,17-18H2,1-4H3. The monoisotopic (exact) mass is 450 g/mol. The Morgan fingerprint density at radius 2 is 2.00 bits per heavy atom. The highest BCUT2D eigenvalue weighted by Crippen LogP contribution is 2.33. The van der Waals surface area contributed by atoms with Crippen molar-refractivity contribution >= 4 is 11.7 Å². The number of hydrazine groups is 1. The summed E-state index contributed by atoms with van der Waals surface area (Å²) < 4.78 is 0. The molecule has 1 fully saturated rings. The van der Waals surface area contributed by atoms with Crippen molar-refractivity contribution in [3.05, 3.63) is 47.0 Å². The summed E-state index contributed by atoms with van der Waals surface area (Å²) in [5.41, 5.74) is 8.42. The van der Waals surface area contributed by atoms with Gasteiger partial charge in [0.15, 0.2) is 0 Å². The van der Waals surface area contributed by atoms with Gasteiger partial charge < -0.3 is 15.1 Å². The zero-order valence-electron chi connectivity index (χ0n) is 20.5. The average molecular weight is 451 g/mol. The van der Waals surface area contributed by atoms with Gasteiger partial charge in [0.1, 0.15) is 5.82 Å². The maximum Gasteiger partial charge on any atom is 0.254 e. The fourth-order valence-electron chi connectivity index (χ4n) is 4.73. The molecule has 1 aromatic carbocycles. The van der Waals surface area contributed by atoms with E-state index in [2.05, 4.69) is 65.8 Å². The SMILES string of the molecule is CNCCN(C)Cc1cccc(-c2cc(C(=O)N3CCCCC3)c3c(n2)N(C(C)C)NC3)c1. The number of likely N-dealkylation sites (tertiary alicyclic amines) is 1. The van der Waals surface area contributed by atoms with Crippen molar-refractivity contribution in [2.75, 3.05) is 45.3 Å². The second kappa shape index (κ2) is 10.6. The molecule has 0 unspecified atom stereocenters. The van der Waals surface area contributed by atoms with E-state index in [0.29, 0.717) is 6.54 Å². The van der Waals surface area contributed by atoms with Gasteiger partial charge in [-0.05, 0) is 64.9 Å². The van der Waals surface area contributed by atoms with Crippen molar-refractivity contribution in [1.82, 2.24) is 25.5 Å². The number of nitrogens with zero attached hydrogens (tertiary/aromatic N) is 4. The van der Waals surface area contributed by atoms with Crippen LogP contribution in [-0.2, 0) is 13.1 Å². The molecule has 2 aromatic rings. The van der Waals surface area contributed by atoms with Crippen molar-refractivity contribution in [2.45, 2.75) is 52.2 Å². The Morgan fingerprint density at radius 1 is 1.21 bits per heavy atom. The Balaban J connectivity index is 1.69. The van der Waals surface area contributed by atoms with Crippen LogP contribution in [0.5, 0.6) is 0 Å². The molecular formula is C26H38N6O. The largest absolute Gasteiger partial charge is 0.339 e. The zero-order chi connectivity index (χ0) is 23.4. The lowest BCUT2D eigenvalue weighted by molar-refractivity contribution is 0.0723. The van der Waals surface area contributed by atoms with Crippen molar-refractivity contribution in [3.63, 3.8) is 0 Å². The predicted octanol–water partition coefficient (Wildman–Crippen LogP) is 3.26. The van der Waals surface area contributed by atoms with Gasteiger partial charge in [-0.15, -0.1) is 0 Å². The van der Waals surface area contributed by atoms with E-state index < -0.39 is 0 Å². The molecule has 2 aliphatic heterocycles. The van der Waals surface area contributed by atoms with Crippen LogP contribution in [0.15, 0.2) is 30.3 Å². The number of hydrogen-bond donors (Lipinski definition) is 2. The number of piperidine rings is 1. The molecule has 2 N–H and O–H groups in total. The molecule has 2 aliphatic rings. The minimum absolute atomic E-state index is 0.143. The van der Waals surface area contributed by atoms with Crippen LogP contribution < -0.4 is 15.8 Å². The molecule has 1 aromatic heterocycles. The van der Waals surface area contributed by atoms with Crippen LogP contribution in [0.25, 0.3) is 11.3 Å².